The number of hydrogen-bond acceptors (Lipinski definition) is 5. The molecule has 2 N–H and O–H groups in total. The molecule has 1 aromatic carbocycles. The van der Waals surface area contributed by atoms with Gasteiger partial charge in [0.15, 0.2) is 0 Å². The van der Waals surface area contributed by atoms with Crippen molar-refractivity contribution >= 4 is 31.9 Å². The molecular formula is C10H15ClNNaO6S2. The standard InChI is InChI=1S/C10H14ClNO5S2.Na.H2O/c1-9-3-5-10(6-4-9)19(16,17)12(11)7-2-8-18(13,14)15;;/h3-6H,2,7-8H2,1H3,(H,13,14,15);;1H2/q;+1;/p-1. The number of aryl methyl sites for hydroxylation is 1. The molecule has 1 aromatic rings. The topological polar surface area (TPSA) is 126 Å². The summed E-state index contributed by atoms with van der Waals surface area (Å²) < 4.78 is 55.7. The average Bonchev–Trinajstić information content (AvgIpc) is 2.27. The molecule has 0 amide bonds. The van der Waals surface area contributed by atoms with Crippen molar-refractivity contribution in [2.24, 2.45) is 0 Å². The molecule has 0 saturated heterocycles. The summed E-state index contributed by atoms with van der Waals surface area (Å²) >= 11 is 5.62. The minimum absolute atomic E-state index is 0. The molecule has 0 bridgehead atoms. The Balaban J connectivity index is 0. The molecule has 0 fully saturated rings. The molecule has 0 aliphatic carbocycles. The van der Waals surface area contributed by atoms with Gasteiger partial charge in [0.25, 0.3) is 10.0 Å². The van der Waals surface area contributed by atoms with E-state index in [9.17, 15) is 21.4 Å². The number of nitrogens with zero attached hydrogens (tertiary/aromatic N) is 1. The van der Waals surface area contributed by atoms with Crippen LogP contribution in [-0.2, 0) is 20.1 Å². The van der Waals surface area contributed by atoms with Crippen LogP contribution in [-0.4, -0.2) is 43.0 Å². The number of halogens is 1. The van der Waals surface area contributed by atoms with E-state index < -0.39 is 25.9 Å². The van der Waals surface area contributed by atoms with Gasteiger partial charge in [-0.1, -0.05) is 17.7 Å². The Morgan fingerprint density at radius 1 is 1.14 bits per heavy atom. The van der Waals surface area contributed by atoms with E-state index >= 15 is 0 Å². The zero-order valence-electron chi connectivity index (χ0n) is 11.6. The van der Waals surface area contributed by atoms with Gasteiger partial charge in [-0.3, -0.25) is 0 Å². The molecule has 0 atom stereocenters. The Morgan fingerprint density at radius 2 is 1.62 bits per heavy atom. The maximum absolute atomic E-state index is 12.0. The van der Waals surface area contributed by atoms with Crippen LogP contribution >= 0.6 is 11.8 Å². The van der Waals surface area contributed by atoms with Gasteiger partial charge in [-0.15, -0.1) is 3.82 Å². The van der Waals surface area contributed by atoms with Gasteiger partial charge in [-0.05, 0) is 37.3 Å². The van der Waals surface area contributed by atoms with Crippen LogP contribution in [0, 0.1) is 6.92 Å². The summed E-state index contributed by atoms with van der Waals surface area (Å²) in [5, 5.41) is 0. The maximum atomic E-state index is 12.0. The molecule has 0 unspecified atom stereocenters. The maximum Gasteiger partial charge on any atom is 1.00 e. The van der Waals surface area contributed by atoms with Crippen molar-refractivity contribution in [2.45, 2.75) is 18.2 Å². The second-order valence-corrected chi connectivity index (χ2v) is 7.94. The number of hydrogen-bond donors (Lipinski definition) is 0. The van der Waals surface area contributed by atoms with Crippen LogP contribution in [0.1, 0.15) is 12.0 Å². The molecule has 7 nitrogen and oxygen atoms in total. The minimum Gasteiger partial charge on any atom is -0.748 e. The second-order valence-electron chi connectivity index (χ2n) is 3.94. The zero-order chi connectivity index (χ0) is 14.7. The van der Waals surface area contributed by atoms with E-state index in [1.807, 2.05) is 6.92 Å². The normalized spacial score (nSPS) is 11.6. The smallest absolute Gasteiger partial charge is 0.748 e. The SMILES string of the molecule is Cc1ccc(S(=O)(=O)N(Cl)CCCS(=O)(=O)[O-])cc1.O.[Na+]. The molecule has 0 radical (unpaired) electrons. The number of benzene rings is 1. The molecule has 0 heterocycles. The summed E-state index contributed by atoms with van der Waals surface area (Å²) in [7, 11) is -8.24. The Bertz CT molecular complexity index is 632. The van der Waals surface area contributed by atoms with Gasteiger partial charge in [0.2, 0.25) is 0 Å². The zero-order valence-corrected chi connectivity index (χ0v) is 16.0. The Morgan fingerprint density at radius 3 is 2.05 bits per heavy atom. The van der Waals surface area contributed by atoms with E-state index in [0.29, 0.717) is 3.82 Å². The van der Waals surface area contributed by atoms with E-state index in [1.54, 1.807) is 12.1 Å². The van der Waals surface area contributed by atoms with E-state index in [2.05, 4.69) is 0 Å². The molecule has 11 heteroatoms. The molecular weight excluding hydrogens is 353 g/mol. The van der Waals surface area contributed by atoms with Crippen molar-refractivity contribution in [3.05, 3.63) is 29.8 Å². The Labute approximate surface area is 151 Å². The predicted molar refractivity (Wildman–Crippen MR) is 73.7 cm³/mol. The van der Waals surface area contributed by atoms with Crippen LogP contribution < -0.4 is 29.6 Å². The van der Waals surface area contributed by atoms with E-state index in [0.717, 1.165) is 5.56 Å². The molecule has 21 heavy (non-hydrogen) atoms. The first-order chi connectivity index (χ1) is 8.63. The van der Waals surface area contributed by atoms with Crippen molar-refractivity contribution in [3.63, 3.8) is 0 Å². The van der Waals surface area contributed by atoms with Gasteiger partial charge < -0.3 is 10.0 Å². The first-order valence-electron chi connectivity index (χ1n) is 5.32. The monoisotopic (exact) mass is 367 g/mol. The van der Waals surface area contributed by atoms with Crippen LogP contribution in [0.3, 0.4) is 0 Å². The minimum atomic E-state index is -4.37. The fourth-order valence-electron chi connectivity index (χ4n) is 1.31. The van der Waals surface area contributed by atoms with Crippen LogP contribution in [0.25, 0.3) is 0 Å². The van der Waals surface area contributed by atoms with Gasteiger partial charge in [0, 0.05) is 12.3 Å². The third-order valence-electron chi connectivity index (χ3n) is 2.31. The fraction of sp³-hybridized carbons (Fsp3) is 0.400. The molecule has 0 spiro atoms. The summed E-state index contributed by atoms with van der Waals surface area (Å²) in [6.07, 6.45) is -0.152. The van der Waals surface area contributed by atoms with Crippen LogP contribution in [0.5, 0.6) is 0 Å². The third-order valence-corrected chi connectivity index (χ3v) is 5.38. The van der Waals surface area contributed by atoms with Gasteiger partial charge in [-0.25, -0.2) is 16.8 Å². The summed E-state index contributed by atoms with van der Waals surface area (Å²) in [5.74, 6) is -0.653. The van der Waals surface area contributed by atoms with Crippen LogP contribution in [0.15, 0.2) is 29.2 Å². The molecule has 1 rings (SSSR count). The summed E-state index contributed by atoms with van der Waals surface area (Å²) in [6, 6.07) is 6.06. The fourth-order valence-corrected chi connectivity index (χ4v) is 3.23. The number of sulfonamides is 1. The van der Waals surface area contributed by atoms with Gasteiger partial charge in [-0.2, -0.15) is 0 Å². The van der Waals surface area contributed by atoms with Crippen molar-refractivity contribution in [2.75, 3.05) is 12.3 Å². The summed E-state index contributed by atoms with van der Waals surface area (Å²) in [4.78, 5) is 0.0121. The van der Waals surface area contributed by atoms with Crippen molar-refractivity contribution in [1.82, 2.24) is 3.82 Å². The Kier molecular flexibility index (Phi) is 10.6. The second kappa shape index (κ2) is 9.43. The summed E-state index contributed by atoms with van der Waals surface area (Å²) in [5.41, 5.74) is 0.900. The summed E-state index contributed by atoms with van der Waals surface area (Å²) in [6.45, 7) is 1.56. The molecule has 0 aliphatic rings. The third kappa shape index (κ3) is 7.91. The van der Waals surface area contributed by atoms with E-state index in [1.165, 1.54) is 12.1 Å². The largest absolute Gasteiger partial charge is 1.00 e. The van der Waals surface area contributed by atoms with Gasteiger partial charge in [0.1, 0.15) is 0 Å². The van der Waals surface area contributed by atoms with Crippen LogP contribution in [0.4, 0.5) is 0 Å². The van der Waals surface area contributed by atoms with Crippen molar-refractivity contribution < 1.29 is 56.4 Å². The van der Waals surface area contributed by atoms with E-state index in [-0.39, 0.29) is 52.9 Å². The van der Waals surface area contributed by atoms with Crippen molar-refractivity contribution in [1.29, 1.82) is 0 Å². The van der Waals surface area contributed by atoms with Gasteiger partial charge in [0.05, 0.1) is 15.0 Å². The quantitative estimate of drug-likeness (QED) is 0.306. The predicted octanol–water partition coefficient (Wildman–Crippen LogP) is -2.75. The molecule has 116 valence electrons. The van der Waals surface area contributed by atoms with Crippen LogP contribution in [0.2, 0.25) is 0 Å². The molecule has 0 saturated carbocycles. The van der Waals surface area contributed by atoms with Crippen molar-refractivity contribution in [3.8, 4) is 0 Å². The number of rotatable bonds is 6. The first kappa shape index (κ1) is 23.6. The Hall–Kier alpha value is 0.290. The average molecular weight is 368 g/mol. The first-order valence-corrected chi connectivity index (χ1v) is 8.67. The molecule has 0 aromatic heterocycles. The van der Waals surface area contributed by atoms with Gasteiger partial charge >= 0.3 is 29.6 Å². The molecule has 0 aliphatic heterocycles. The van der Waals surface area contributed by atoms with E-state index in [4.69, 9.17) is 11.8 Å².